The van der Waals surface area contributed by atoms with Gasteiger partial charge in [0, 0.05) is 6.04 Å². The summed E-state index contributed by atoms with van der Waals surface area (Å²) in [7, 11) is 0. The van der Waals surface area contributed by atoms with Gasteiger partial charge in [0.15, 0.2) is 0 Å². The second-order valence-corrected chi connectivity index (χ2v) is 9.27. The van der Waals surface area contributed by atoms with Crippen molar-refractivity contribution in [2.45, 2.75) is 46.2 Å². The van der Waals surface area contributed by atoms with E-state index >= 15 is 0 Å². The van der Waals surface area contributed by atoms with Crippen LogP contribution in [0, 0.1) is 13.8 Å². The Balaban J connectivity index is 1.62. The standard InChI is InChI=1S/C26H27N3O3S/c1-17-8-7-11-21(19(17)3)29-25(31)24-22(14-15-33-24)28(26(29)32)16-23(30)27-18(2)12-13-20-9-5-4-6-10-20/h4-11,14-15,18H,12-13,16H2,1-3H3,(H,27,30). The molecule has 0 fully saturated rings. The van der Waals surface area contributed by atoms with Gasteiger partial charge < -0.3 is 5.32 Å². The Morgan fingerprint density at radius 2 is 1.79 bits per heavy atom. The first-order valence-electron chi connectivity index (χ1n) is 11.0. The van der Waals surface area contributed by atoms with Crippen LogP contribution in [0.1, 0.15) is 30.0 Å². The normalized spacial score (nSPS) is 12.1. The van der Waals surface area contributed by atoms with Gasteiger partial charge in [-0.2, -0.15) is 0 Å². The number of nitrogens with one attached hydrogen (secondary N) is 1. The van der Waals surface area contributed by atoms with E-state index in [-0.39, 0.29) is 24.1 Å². The molecular weight excluding hydrogens is 434 g/mol. The summed E-state index contributed by atoms with van der Waals surface area (Å²) in [6, 6.07) is 17.3. The van der Waals surface area contributed by atoms with E-state index in [1.54, 1.807) is 17.5 Å². The van der Waals surface area contributed by atoms with Gasteiger partial charge in [0.05, 0.1) is 11.2 Å². The highest BCUT2D eigenvalue weighted by molar-refractivity contribution is 7.17. The van der Waals surface area contributed by atoms with Gasteiger partial charge in [0.1, 0.15) is 11.2 Å². The fourth-order valence-electron chi connectivity index (χ4n) is 3.99. The number of thiophene rings is 1. The number of rotatable bonds is 7. The number of aromatic nitrogens is 2. The van der Waals surface area contributed by atoms with Crippen LogP contribution in [0.2, 0.25) is 0 Å². The maximum atomic E-state index is 13.4. The first-order valence-corrected chi connectivity index (χ1v) is 11.9. The Morgan fingerprint density at radius 1 is 1.03 bits per heavy atom. The SMILES string of the molecule is Cc1cccc(-n2c(=O)c3sccc3n(CC(=O)NC(C)CCc3ccccc3)c2=O)c1C. The summed E-state index contributed by atoms with van der Waals surface area (Å²) in [5.41, 5.74) is 3.24. The number of fused-ring (bicyclic) bond motifs is 1. The minimum Gasteiger partial charge on any atom is -0.352 e. The minimum atomic E-state index is -0.508. The third kappa shape index (κ3) is 4.68. The van der Waals surface area contributed by atoms with Gasteiger partial charge in [-0.3, -0.25) is 14.2 Å². The second-order valence-electron chi connectivity index (χ2n) is 8.36. The van der Waals surface area contributed by atoms with Crippen LogP contribution in [-0.4, -0.2) is 21.1 Å². The highest BCUT2D eigenvalue weighted by atomic mass is 32.1. The number of carbonyl (C=O) groups is 1. The molecule has 1 amide bonds. The van der Waals surface area contributed by atoms with Crippen LogP contribution in [0.4, 0.5) is 0 Å². The summed E-state index contributed by atoms with van der Waals surface area (Å²) in [6.07, 6.45) is 1.65. The van der Waals surface area contributed by atoms with Crippen molar-refractivity contribution in [3.05, 3.63) is 97.5 Å². The van der Waals surface area contributed by atoms with Crippen LogP contribution in [-0.2, 0) is 17.8 Å². The van der Waals surface area contributed by atoms with Crippen molar-refractivity contribution in [2.75, 3.05) is 0 Å². The molecule has 7 heteroatoms. The van der Waals surface area contributed by atoms with Crippen molar-refractivity contribution in [3.63, 3.8) is 0 Å². The topological polar surface area (TPSA) is 73.1 Å². The van der Waals surface area contributed by atoms with Crippen molar-refractivity contribution < 1.29 is 4.79 Å². The van der Waals surface area contributed by atoms with E-state index in [1.807, 2.05) is 51.1 Å². The van der Waals surface area contributed by atoms with E-state index in [0.29, 0.717) is 15.9 Å². The largest absolute Gasteiger partial charge is 0.352 e. The third-order valence-corrected chi connectivity index (χ3v) is 6.88. The van der Waals surface area contributed by atoms with E-state index < -0.39 is 5.69 Å². The van der Waals surface area contributed by atoms with Gasteiger partial charge in [-0.25, -0.2) is 9.36 Å². The Kier molecular flexibility index (Phi) is 6.60. The number of hydrogen-bond donors (Lipinski definition) is 1. The molecule has 0 aliphatic rings. The molecule has 0 saturated carbocycles. The lowest BCUT2D eigenvalue weighted by molar-refractivity contribution is -0.122. The predicted molar refractivity (Wildman–Crippen MR) is 134 cm³/mol. The molecule has 0 bridgehead atoms. The lowest BCUT2D eigenvalue weighted by Gasteiger charge is -2.17. The number of hydrogen-bond acceptors (Lipinski definition) is 4. The number of nitrogens with zero attached hydrogens (tertiary/aromatic N) is 2. The van der Waals surface area contributed by atoms with E-state index in [2.05, 4.69) is 17.4 Å². The fraction of sp³-hybridized carbons (Fsp3) is 0.269. The van der Waals surface area contributed by atoms with Crippen LogP contribution < -0.4 is 16.6 Å². The molecule has 33 heavy (non-hydrogen) atoms. The Labute approximate surface area is 196 Å². The molecule has 1 N–H and O–H groups in total. The molecule has 0 aliphatic heterocycles. The van der Waals surface area contributed by atoms with E-state index in [4.69, 9.17) is 0 Å². The number of amides is 1. The Hall–Kier alpha value is -3.45. The van der Waals surface area contributed by atoms with Gasteiger partial charge in [-0.05, 0) is 67.8 Å². The maximum Gasteiger partial charge on any atom is 0.336 e. The highest BCUT2D eigenvalue weighted by Crippen LogP contribution is 2.19. The molecule has 0 radical (unpaired) electrons. The van der Waals surface area contributed by atoms with Crippen LogP contribution in [0.5, 0.6) is 0 Å². The fourth-order valence-corrected chi connectivity index (χ4v) is 4.82. The molecule has 0 spiro atoms. The van der Waals surface area contributed by atoms with Gasteiger partial charge in [-0.1, -0.05) is 42.5 Å². The van der Waals surface area contributed by atoms with Crippen molar-refractivity contribution in [1.82, 2.24) is 14.5 Å². The van der Waals surface area contributed by atoms with Gasteiger partial charge in [-0.15, -0.1) is 11.3 Å². The van der Waals surface area contributed by atoms with Gasteiger partial charge in [0.25, 0.3) is 5.56 Å². The van der Waals surface area contributed by atoms with Gasteiger partial charge >= 0.3 is 5.69 Å². The molecule has 0 aliphatic carbocycles. The Morgan fingerprint density at radius 3 is 2.55 bits per heavy atom. The summed E-state index contributed by atoms with van der Waals surface area (Å²) in [6.45, 7) is 5.64. The molecule has 1 atom stereocenters. The molecule has 170 valence electrons. The monoisotopic (exact) mass is 461 g/mol. The highest BCUT2D eigenvalue weighted by Gasteiger charge is 2.19. The summed E-state index contributed by atoms with van der Waals surface area (Å²) < 4.78 is 3.04. The van der Waals surface area contributed by atoms with Crippen molar-refractivity contribution in [1.29, 1.82) is 0 Å². The summed E-state index contributed by atoms with van der Waals surface area (Å²) >= 11 is 1.28. The molecular formula is C26H27N3O3S. The molecule has 1 unspecified atom stereocenters. The zero-order valence-corrected chi connectivity index (χ0v) is 19.8. The zero-order chi connectivity index (χ0) is 23.5. The zero-order valence-electron chi connectivity index (χ0n) is 19.0. The number of carbonyl (C=O) groups excluding carboxylic acids is 1. The smallest absolute Gasteiger partial charge is 0.336 e. The van der Waals surface area contributed by atoms with Crippen LogP contribution in [0.3, 0.4) is 0 Å². The summed E-state index contributed by atoms with van der Waals surface area (Å²) in [4.78, 5) is 39.5. The second kappa shape index (κ2) is 9.58. The van der Waals surface area contributed by atoms with Crippen molar-refractivity contribution in [3.8, 4) is 5.69 Å². The number of benzene rings is 2. The third-order valence-electron chi connectivity index (χ3n) is 5.99. The van der Waals surface area contributed by atoms with E-state index in [9.17, 15) is 14.4 Å². The average Bonchev–Trinajstić information content (AvgIpc) is 3.29. The molecule has 4 rings (SSSR count). The van der Waals surface area contributed by atoms with E-state index in [0.717, 1.165) is 24.0 Å². The van der Waals surface area contributed by atoms with Crippen molar-refractivity contribution >= 4 is 27.5 Å². The van der Waals surface area contributed by atoms with Gasteiger partial charge in [0.2, 0.25) is 5.91 Å². The molecule has 2 aromatic heterocycles. The summed E-state index contributed by atoms with van der Waals surface area (Å²) in [5, 5.41) is 4.77. The lowest BCUT2D eigenvalue weighted by Crippen LogP contribution is -2.43. The molecule has 0 saturated heterocycles. The molecule has 4 aromatic rings. The molecule has 6 nitrogen and oxygen atoms in total. The molecule has 2 heterocycles. The Bertz CT molecular complexity index is 1420. The predicted octanol–water partition coefficient (Wildman–Crippen LogP) is 3.97. The molecule has 2 aromatic carbocycles. The lowest BCUT2D eigenvalue weighted by atomic mass is 10.1. The first kappa shape index (κ1) is 22.7. The van der Waals surface area contributed by atoms with Crippen molar-refractivity contribution in [2.24, 2.45) is 0 Å². The minimum absolute atomic E-state index is 0.0451. The first-order chi connectivity index (χ1) is 15.9. The average molecular weight is 462 g/mol. The quantitative estimate of drug-likeness (QED) is 0.453. The van der Waals surface area contributed by atoms with E-state index in [1.165, 1.54) is 26.0 Å². The van der Waals surface area contributed by atoms with Crippen LogP contribution in [0.15, 0.2) is 69.6 Å². The maximum absolute atomic E-state index is 13.4. The number of aryl methyl sites for hydroxylation is 2. The summed E-state index contributed by atoms with van der Waals surface area (Å²) in [5.74, 6) is -0.253. The van der Waals surface area contributed by atoms with Crippen LogP contribution in [0.25, 0.3) is 15.9 Å². The van der Waals surface area contributed by atoms with Crippen LogP contribution >= 0.6 is 11.3 Å².